The van der Waals surface area contributed by atoms with Crippen LogP contribution in [0.4, 0.5) is 5.69 Å². The van der Waals surface area contributed by atoms with E-state index in [0.29, 0.717) is 24.7 Å². The molecule has 3 N–H and O–H groups in total. The highest BCUT2D eigenvalue weighted by atomic mass is 79.9. The molecule has 0 aliphatic carbocycles. The van der Waals surface area contributed by atoms with Crippen LogP contribution in [-0.4, -0.2) is 23.6 Å². The zero-order valence-electron chi connectivity index (χ0n) is 11.5. The molecule has 0 aliphatic rings. The van der Waals surface area contributed by atoms with Crippen molar-refractivity contribution in [3.8, 4) is 0 Å². The Balaban J connectivity index is 1.71. The number of nitrogen functional groups attached to an aromatic ring is 1. The van der Waals surface area contributed by atoms with Crippen LogP contribution in [-0.2, 0) is 11.3 Å². The fraction of sp³-hybridized carbons (Fsp3) is 0.250. The van der Waals surface area contributed by atoms with E-state index >= 15 is 0 Å². The molecule has 2 aromatic rings. The van der Waals surface area contributed by atoms with E-state index in [1.54, 1.807) is 0 Å². The minimum atomic E-state index is -0.512. The molecular weight excluding hydrogens is 350 g/mol. The molecule has 0 saturated heterocycles. The second kappa shape index (κ2) is 8.44. The van der Waals surface area contributed by atoms with Crippen LogP contribution in [0, 0.1) is 0 Å². The highest BCUT2D eigenvalue weighted by Crippen LogP contribution is 2.28. The molecular formula is C16H18BrNO2S. The van der Waals surface area contributed by atoms with Crippen molar-refractivity contribution in [3.05, 3.63) is 58.6 Å². The normalized spacial score (nSPS) is 12.3. The number of nitrogens with two attached hydrogens (primary N) is 1. The van der Waals surface area contributed by atoms with Crippen LogP contribution >= 0.6 is 27.7 Å². The molecule has 1 atom stereocenters. The highest BCUT2D eigenvalue weighted by molar-refractivity contribution is 9.10. The molecule has 3 nitrogen and oxygen atoms in total. The lowest BCUT2D eigenvalue weighted by Gasteiger charge is -2.12. The Morgan fingerprint density at radius 3 is 2.67 bits per heavy atom. The van der Waals surface area contributed by atoms with Gasteiger partial charge in [0.1, 0.15) is 0 Å². The van der Waals surface area contributed by atoms with E-state index in [9.17, 15) is 5.11 Å². The van der Waals surface area contributed by atoms with E-state index < -0.39 is 6.10 Å². The smallest absolute Gasteiger partial charge is 0.0867 e. The molecule has 2 aromatic carbocycles. The van der Waals surface area contributed by atoms with Gasteiger partial charge in [0, 0.05) is 20.8 Å². The van der Waals surface area contributed by atoms with E-state index in [0.717, 1.165) is 14.9 Å². The van der Waals surface area contributed by atoms with Gasteiger partial charge >= 0.3 is 0 Å². The molecule has 0 heterocycles. The van der Waals surface area contributed by atoms with E-state index in [2.05, 4.69) is 15.9 Å². The first-order valence-corrected chi connectivity index (χ1v) is 8.40. The molecule has 0 saturated carbocycles. The first-order chi connectivity index (χ1) is 10.1. The Bertz CT molecular complexity index is 565. The number of aliphatic hydroxyl groups is 1. The Kier molecular flexibility index (Phi) is 6.57. The summed E-state index contributed by atoms with van der Waals surface area (Å²) in [6.07, 6.45) is -0.512. The third-order valence-electron chi connectivity index (χ3n) is 2.82. The maximum atomic E-state index is 9.94. The number of rotatable bonds is 7. The minimum absolute atomic E-state index is 0.318. The average Bonchev–Trinajstić information content (AvgIpc) is 2.47. The molecule has 0 radical (unpaired) electrons. The van der Waals surface area contributed by atoms with Gasteiger partial charge in [-0.2, -0.15) is 0 Å². The number of thioether (sulfide) groups is 1. The molecule has 112 valence electrons. The van der Waals surface area contributed by atoms with Crippen molar-refractivity contribution < 1.29 is 9.84 Å². The van der Waals surface area contributed by atoms with Gasteiger partial charge in [0.25, 0.3) is 0 Å². The summed E-state index contributed by atoms with van der Waals surface area (Å²) in [5, 5.41) is 9.94. The molecule has 0 aliphatic heterocycles. The van der Waals surface area contributed by atoms with Gasteiger partial charge in [0.15, 0.2) is 0 Å². The summed E-state index contributed by atoms with van der Waals surface area (Å²) in [6.45, 7) is 0.835. The number of aliphatic hydroxyl groups excluding tert-OH is 1. The lowest BCUT2D eigenvalue weighted by molar-refractivity contribution is 0.0398. The van der Waals surface area contributed by atoms with E-state index in [4.69, 9.17) is 10.5 Å². The van der Waals surface area contributed by atoms with Crippen LogP contribution in [0.15, 0.2) is 57.9 Å². The van der Waals surface area contributed by atoms with Crippen molar-refractivity contribution in [1.29, 1.82) is 0 Å². The summed E-state index contributed by atoms with van der Waals surface area (Å²) in [5.74, 6) is 0.556. The number of hydrogen-bond donors (Lipinski definition) is 2. The highest BCUT2D eigenvalue weighted by Gasteiger charge is 2.08. The minimum Gasteiger partial charge on any atom is -0.398 e. The first-order valence-electron chi connectivity index (χ1n) is 6.62. The van der Waals surface area contributed by atoms with Crippen LogP contribution in [0.3, 0.4) is 0 Å². The molecule has 5 heteroatoms. The summed E-state index contributed by atoms with van der Waals surface area (Å²) < 4.78 is 6.47. The van der Waals surface area contributed by atoms with Crippen molar-refractivity contribution in [3.63, 3.8) is 0 Å². The van der Waals surface area contributed by atoms with Crippen molar-refractivity contribution in [1.82, 2.24) is 0 Å². The monoisotopic (exact) mass is 367 g/mol. The molecule has 0 spiro atoms. The quantitative estimate of drug-likeness (QED) is 0.578. The summed E-state index contributed by atoms with van der Waals surface area (Å²) in [6, 6.07) is 15.7. The van der Waals surface area contributed by atoms with Crippen molar-refractivity contribution in [2.24, 2.45) is 0 Å². The van der Waals surface area contributed by atoms with Crippen molar-refractivity contribution in [2.45, 2.75) is 17.6 Å². The summed E-state index contributed by atoms with van der Waals surface area (Å²) in [7, 11) is 0. The second-order valence-electron chi connectivity index (χ2n) is 4.65. The topological polar surface area (TPSA) is 55.5 Å². The predicted molar refractivity (Wildman–Crippen MR) is 91.4 cm³/mol. The maximum Gasteiger partial charge on any atom is 0.0867 e. The van der Waals surface area contributed by atoms with E-state index in [1.807, 2.05) is 48.5 Å². The van der Waals surface area contributed by atoms with Gasteiger partial charge in [0.2, 0.25) is 0 Å². The fourth-order valence-electron chi connectivity index (χ4n) is 1.77. The zero-order valence-corrected chi connectivity index (χ0v) is 13.9. The van der Waals surface area contributed by atoms with Crippen LogP contribution < -0.4 is 5.73 Å². The third-order valence-corrected chi connectivity index (χ3v) is 4.55. The van der Waals surface area contributed by atoms with Gasteiger partial charge in [-0.15, -0.1) is 11.8 Å². The predicted octanol–water partition coefficient (Wildman–Crippen LogP) is 3.70. The molecule has 0 amide bonds. The lowest BCUT2D eigenvalue weighted by Crippen LogP contribution is -2.18. The van der Waals surface area contributed by atoms with Gasteiger partial charge in [-0.3, -0.25) is 0 Å². The molecule has 2 rings (SSSR count). The van der Waals surface area contributed by atoms with E-state index in [-0.39, 0.29) is 0 Å². The summed E-state index contributed by atoms with van der Waals surface area (Å²) in [4.78, 5) is 0.973. The van der Waals surface area contributed by atoms with Gasteiger partial charge in [0.05, 0.1) is 19.3 Å². The lowest BCUT2D eigenvalue weighted by atomic mass is 10.2. The Morgan fingerprint density at radius 2 is 1.95 bits per heavy atom. The molecule has 0 bridgehead atoms. The average molecular weight is 368 g/mol. The molecule has 0 fully saturated rings. The molecule has 1 unspecified atom stereocenters. The molecule has 0 aromatic heterocycles. The second-order valence-corrected chi connectivity index (χ2v) is 6.63. The van der Waals surface area contributed by atoms with Gasteiger partial charge in [-0.05, 0) is 23.8 Å². The molecule has 21 heavy (non-hydrogen) atoms. The fourth-order valence-corrected chi connectivity index (χ4v) is 3.01. The zero-order chi connectivity index (χ0) is 15.1. The summed E-state index contributed by atoms with van der Waals surface area (Å²) in [5.41, 5.74) is 7.74. The SMILES string of the molecule is Nc1cc(Br)ccc1SCC(O)COCc1ccccc1. The number of hydrogen-bond acceptors (Lipinski definition) is 4. The van der Waals surface area contributed by atoms with Crippen molar-refractivity contribution in [2.75, 3.05) is 18.1 Å². The van der Waals surface area contributed by atoms with Crippen LogP contribution in [0.5, 0.6) is 0 Å². The Morgan fingerprint density at radius 1 is 1.19 bits per heavy atom. The van der Waals surface area contributed by atoms with Gasteiger partial charge in [-0.1, -0.05) is 46.3 Å². The Labute approximate surface area is 137 Å². The maximum absolute atomic E-state index is 9.94. The largest absolute Gasteiger partial charge is 0.398 e. The number of benzene rings is 2. The van der Waals surface area contributed by atoms with Crippen LogP contribution in [0.25, 0.3) is 0 Å². The van der Waals surface area contributed by atoms with E-state index in [1.165, 1.54) is 11.8 Å². The number of anilines is 1. The van der Waals surface area contributed by atoms with Crippen molar-refractivity contribution >= 4 is 33.4 Å². The number of ether oxygens (including phenoxy) is 1. The van der Waals surface area contributed by atoms with Gasteiger partial charge in [-0.25, -0.2) is 0 Å². The Hall–Kier alpha value is -1.01. The number of halogens is 1. The summed E-state index contributed by atoms with van der Waals surface area (Å²) >= 11 is 4.91. The van der Waals surface area contributed by atoms with Crippen LogP contribution in [0.2, 0.25) is 0 Å². The van der Waals surface area contributed by atoms with Gasteiger partial charge < -0.3 is 15.6 Å². The first kappa shape index (κ1) is 16.4. The third kappa shape index (κ3) is 5.71. The van der Waals surface area contributed by atoms with Crippen LogP contribution in [0.1, 0.15) is 5.56 Å². The standard InChI is InChI=1S/C16H18BrNO2S/c17-13-6-7-16(15(18)8-13)21-11-14(19)10-20-9-12-4-2-1-3-5-12/h1-8,14,19H,9-11,18H2.